The van der Waals surface area contributed by atoms with E-state index in [1.807, 2.05) is 0 Å². The van der Waals surface area contributed by atoms with E-state index in [-0.39, 0.29) is 32.0 Å². The lowest BCUT2D eigenvalue weighted by Crippen LogP contribution is -2.08. The molecule has 2 aromatic rings. The molecule has 0 saturated heterocycles. The molecule has 0 aliphatic carbocycles. The highest BCUT2D eigenvalue weighted by Crippen LogP contribution is 2.37. The maximum absolute atomic E-state index is 13.8. The van der Waals surface area contributed by atoms with Gasteiger partial charge in [0.25, 0.3) is 12.1 Å². The van der Waals surface area contributed by atoms with Gasteiger partial charge < -0.3 is 0 Å². The second-order valence-electron chi connectivity index (χ2n) is 3.84. The van der Waals surface area contributed by atoms with Crippen molar-refractivity contribution in [3.8, 4) is 0 Å². The number of nitrogens with zero attached hydrogens (tertiary/aromatic N) is 3. The van der Waals surface area contributed by atoms with E-state index in [0.29, 0.717) is 0 Å². The van der Waals surface area contributed by atoms with Gasteiger partial charge in [-0.25, -0.2) is 8.78 Å². The van der Waals surface area contributed by atoms with E-state index in [4.69, 9.17) is 0 Å². The molecular weight excluding hydrogens is 411 g/mol. The van der Waals surface area contributed by atoms with Gasteiger partial charge in [0, 0.05) is 15.9 Å². The Morgan fingerprint density at radius 3 is 2.65 bits per heavy atom. The Morgan fingerprint density at radius 1 is 1.50 bits per heavy atom. The molecule has 0 spiro atoms. The average molecular weight is 417 g/mol. The van der Waals surface area contributed by atoms with Gasteiger partial charge in [-0.2, -0.15) is 4.39 Å². The van der Waals surface area contributed by atoms with Crippen LogP contribution in [-0.4, -0.2) is 21.1 Å². The lowest BCUT2D eigenvalue weighted by Gasteiger charge is -2.06. The fraction of sp³-hybridized carbons (Fsp3) is 0.300. The zero-order valence-corrected chi connectivity index (χ0v) is 12.8. The van der Waals surface area contributed by atoms with Crippen LogP contribution in [0.15, 0.2) is 10.5 Å². The lowest BCUT2D eigenvalue weighted by atomic mass is 10.1. The van der Waals surface area contributed by atoms with Crippen LogP contribution in [0.1, 0.15) is 5.56 Å². The SMILES string of the molecule is O=[N+]([O-])c1cc2c(c(F)nn2CC(F)F)c(Br)c1CBr. The number of nitro groups is 1. The molecule has 1 aromatic heterocycles. The maximum Gasteiger partial charge on any atom is 0.276 e. The molecule has 0 fully saturated rings. The first-order valence-electron chi connectivity index (χ1n) is 5.22. The number of hydrogen-bond acceptors (Lipinski definition) is 3. The van der Waals surface area contributed by atoms with Crippen molar-refractivity contribution in [2.75, 3.05) is 0 Å². The number of nitro benzene ring substituents is 1. The number of halogens is 5. The van der Waals surface area contributed by atoms with Crippen LogP contribution in [0.4, 0.5) is 18.9 Å². The highest BCUT2D eigenvalue weighted by atomic mass is 79.9. The van der Waals surface area contributed by atoms with Gasteiger partial charge in [0.2, 0.25) is 5.95 Å². The maximum atomic E-state index is 13.8. The second-order valence-corrected chi connectivity index (χ2v) is 5.19. The molecule has 0 bridgehead atoms. The molecule has 0 aliphatic heterocycles. The van der Waals surface area contributed by atoms with Crippen LogP contribution >= 0.6 is 31.9 Å². The summed E-state index contributed by atoms with van der Waals surface area (Å²) in [5.41, 5.74) is -0.124. The van der Waals surface area contributed by atoms with Crippen molar-refractivity contribution in [1.29, 1.82) is 0 Å². The summed E-state index contributed by atoms with van der Waals surface area (Å²) in [4.78, 5) is 10.4. The molecule has 5 nitrogen and oxygen atoms in total. The van der Waals surface area contributed by atoms with E-state index in [1.54, 1.807) is 0 Å². The van der Waals surface area contributed by atoms with E-state index >= 15 is 0 Å². The van der Waals surface area contributed by atoms with Crippen molar-refractivity contribution in [1.82, 2.24) is 9.78 Å². The molecule has 0 atom stereocenters. The predicted octanol–water partition coefficient (Wildman–Crippen LogP) is 4.01. The Labute approximate surface area is 127 Å². The first-order valence-corrected chi connectivity index (χ1v) is 7.14. The van der Waals surface area contributed by atoms with Crippen LogP contribution in [0, 0.1) is 16.1 Å². The molecule has 0 unspecified atom stereocenters. The molecule has 10 heteroatoms. The standard InChI is InChI=1S/C10H6Br2F3N3O2/c11-2-4-5(18(19)20)1-6-8(9(4)12)10(15)16-17(6)3-7(13)14/h1,7H,2-3H2. The number of benzene rings is 1. The smallest absolute Gasteiger partial charge is 0.258 e. The summed E-state index contributed by atoms with van der Waals surface area (Å²) < 4.78 is 39.5. The van der Waals surface area contributed by atoms with Gasteiger partial charge in [-0.15, -0.1) is 5.10 Å². The highest BCUT2D eigenvalue weighted by molar-refractivity contribution is 9.11. The van der Waals surface area contributed by atoms with Crippen LogP contribution in [0.5, 0.6) is 0 Å². The van der Waals surface area contributed by atoms with Gasteiger partial charge in [0.1, 0.15) is 6.54 Å². The predicted molar refractivity (Wildman–Crippen MR) is 72.7 cm³/mol. The summed E-state index contributed by atoms with van der Waals surface area (Å²) in [5.74, 6) is -0.954. The van der Waals surface area contributed by atoms with E-state index in [0.717, 1.165) is 10.7 Å². The minimum atomic E-state index is -2.74. The minimum absolute atomic E-state index is 0.0499. The van der Waals surface area contributed by atoms with Crippen LogP contribution in [-0.2, 0) is 11.9 Å². The zero-order valence-electron chi connectivity index (χ0n) is 9.62. The second kappa shape index (κ2) is 5.68. The van der Waals surface area contributed by atoms with Crippen molar-refractivity contribution in [3.05, 3.63) is 32.2 Å². The summed E-state index contributed by atoms with van der Waals surface area (Å²) >= 11 is 6.16. The van der Waals surface area contributed by atoms with Crippen molar-refractivity contribution >= 4 is 48.5 Å². The van der Waals surface area contributed by atoms with Gasteiger partial charge in [-0.05, 0) is 15.9 Å². The van der Waals surface area contributed by atoms with Crippen molar-refractivity contribution in [2.45, 2.75) is 18.3 Å². The molecule has 0 aliphatic rings. The van der Waals surface area contributed by atoms with Crippen molar-refractivity contribution < 1.29 is 18.1 Å². The Morgan fingerprint density at radius 2 is 2.15 bits per heavy atom. The van der Waals surface area contributed by atoms with Gasteiger partial charge in [0.05, 0.1) is 21.4 Å². The van der Waals surface area contributed by atoms with Crippen molar-refractivity contribution in [3.63, 3.8) is 0 Å². The Balaban J connectivity index is 2.81. The average Bonchev–Trinajstić information content (AvgIpc) is 2.65. The molecule has 0 saturated carbocycles. The van der Waals surface area contributed by atoms with Gasteiger partial charge in [0.15, 0.2) is 0 Å². The van der Waals surface area contributed by atoms with Gasteiger partial charge in [-0.3, -0.25) is 14.8 Å². The molecule has 20 heavy (non-hydrogen) atoms. The normalized spacial score (nSPS) is 11.5. The number of alkyl halides is 3. The fourth-order valence-electron chi connectivity index (χ4n) is 1.83. The van der Waals surface area contributed by atoms with Crippen LogP contribution in [0.3, 0.4) is 0 Å². The van der Waals surface area contributed by atoms with Gasteiger partial charge >= 0.3 is 0 Å². The molecule has 108 valence electrons. The number of fused-ring (bicyclic) bond motifs is 1. The Bertz CT molecular complexity index is 690. The number of aromatic nitrogens is 2. The van der Waals surface area contributed by atoms with E-state index < -0.39 is 23.8 Å². The third-order valence-electron chi connectivity index (χ3n) is 2.66. The topological polar surface area (TPSA) is 61.0 Å². The highest BCUT2D eigenvalue weighted by Gasteiger charge is 2.25. The van der Waals surface area contributed by atoms with E-state index in [2.05, 4.69) is 37.0 Å². The molecule has 2 rings (SSSR count). The Hall–Kier alpha value is -1.16. The molecule has 0 radical (unpaired) electrons. The molecular formula is C10H6Br2F3N3O2. The van der Waals surface area contributed by atoms with E-state index in [9.17, 15) is 23.3 Å². The first-order chi connectivity index (χ1) is 9.36. The quantitative estimate of drug-likeness (QED) is 0.430. The minimum Gasteiger partial charge on any atom is -0.258 e. The molecule has 1 aromatic carbocycles. The van der Waals surface area contributed by atoms with Crippen LogP contribution in [0.25, 0.3) is 10.9 Å². The first kappa shape index (κ1) is 15.2. The monoisotopic (exact) mass is 415 g/mol. The third-order valence-corrected chi connectivity index (χ3v) is 4.09. The summed E-state index contributed by atoms with van der Waals surface area (Å²) in [6.45, 7) is -0.836. The number of hydrogen-bond donors (Lipinski definition) is 0. The third kappa shape index (κ3) is 2.53. The van der Waals surface area contributed by atoms with Gasteiger partial charge in [-0.1, -0.05) is 15.9 Å². The zero-order chi connectivity index (χ0) is 15.0. The fourth-order valence-corrected chi connectivity index (χ4v) is 3.49. The lowest BCUT2D eigenvalue weighted by molar-refractivity contribution is -0.385. The Kier molecular flexibility index (Phi) is 4.33. The molecule has 0 N–H and O–H groups in total. The summed E-state index contributed by atoms with van der Waals surface area (Å²) in [6.07, 6.45) is -2.74. The summed E-state index contributed by atoms with van der Waals surface area (Å²) in [6, 6.07) is 1.05. The largest absolute Gasteiger partial charge is 0.276 e. The number of rotatable bonds is 4. The van der Waals surface area contributed by atoms with Crippen molar-refractivity contribution in [2.24, 2.45) is 0 Å². The molecule has 0 amide bonds. The summed E-state index contributed by atoms with van der Waals surface area (Å²) in [5, 5.41) is 14.4. The van der Waals surface area contributed by atoms with E-state index in [1.165, 1.54) is 0 Å². The van der Waals surface area contributed by atoms with Crippen LogP contribution in [0.2, 0.25) is 0 Å². The summed E-state index contributed by atoms with van der Waals surface area (Å²) in [7, 11) is 0. The van der Waals surface area contributed by atoms with Crippen LogP contribution < -0.4 is 0 Å². The molecule has 1 heterocycles.